The van der Waals surface area contributed by atoms with Gasteiger partial charge in [-0.1, -0.05) is 25.1 Å². The van der Waals surface area contributed by atoms with E-state index in [0.29, 0.717) is 11.8 Å². The summed E-state index contributed by atoms with van der Waals surface area (Å²) in [6.07, 6.45) is 2.47. The molecule has 1 unspecified atom stereocenters. The Balaban J connectivity index is 2.51. The summed E-state index contributed by atoms with van der Waals surface area (Å²) < 4.78 is 0. The Morgan fingerprint density at radius 1 is 1.40 bits per heavy atom. The molecule has 1 nitrogen and oxygen atoms in total. The second-order valence-electron chi connectivity index (χ2n) is 4.80. The zero-order valence-electron chi connectivity index (χ0n) is 9.88. The van der Waals surface area contributed by atoms with Crippen LogP contribution >= 0.6 is 0 Å². The van der Waals surface area contributed by atoms with Crippen LogP contribution in [0.3, 0.4) is 0 Å². The van der Waals surface area contributed by atoms with Gasteiger partial charge in [-0.3, -0.25) is 4.98 Å². The summed E-state index contributed by atoms with van der Waals surface area (Å²) in [7, 11) is 0. The van der Waals surface area contributed by atoms with Crippen LogP contribution in [0.15, 0.2) is 24.3 Å². The highest BCUT2D eigenvalue weighted by Crippen LogP contribution is 2.40. The summed E-state index contributed by atoms with van der Waals surface area (Å²) in [4.78, 5) is 4.71. The molecular weight excluding hydrogens is 182 g/mol. The Hall–Kier alpha value is -1.11. The maximum atomic E-state index is 4.71. The fourth-order valence-corrected chi connectivity index (χ4v) is 2.47. The Kier molecular flexibility index (Phi) is 2.64. The molecule has 1 aromatic rings. The maximum Gasteiger partial charge on any atom is 0.0512 e. The highest BCUT2D eigenvalue weighted by molar-refractivity contribution is 5.35. The predicted octanol–water partition coefficient (Wildman–Crippen LogP) is 3.95. The molecule has 1 aromatic heterocycles. The molecule has 2 atom stereocenters. The van der Waals surface area contributed by atoms with Crippen molar-refractivity contribution < 1.29 is 0 Å². The Morgan fingerprint density at radius 2 is 2.13 bits per heavy atom. The highest BCUT2D eigenvalue weighted by atomic mass is 14.7. The van der Waals surface area contributed by atoms with Crippen molar-refractivity contribution in [2.45, 2.75) is 45.4 Å². The smallest absolute Gasteiger partial charge is 0.0512 e. The first-order valence-electron chi connectivity index (χ1n) is 5.72. The molecule has 0 aromatic carbocycles. The molecule has 80 valence electrons. The van der Waals surface area contributed by atoms with Crippen molar-refractivity contribution in [1.82, 2.24) is 4.98 Å². The normalized spacial score (nSPS) is 24.7. The predicted molar refractivity (Wildman–Crippen MR) is 64.2 cm³/mol. The summed E-state index contributed by atoms with van der Waals surface area (Å²) in [5, 5.41) is 0. The SMILES string of the molecule is C=C(C)C1CC[C@@H](C)c2ccc(C)nc21. The Labute approximate surface area is 92.2 Å². The van der Waals surface area contributed by atoms with Gasteiger partial charge in [0.25, 0.3) is 0 Å². The van der Waals surface area contributed by atoms with E-state index >= 15 is 0 Å². The highest BCUT2D eigenvalue weighted by Gasteiger charge is 2.26. The van der Waals surface area contributed by atoms with Crippen LogP contribution in [0.1, 0.15) is 55.5 Å². The summed E-state index contributed by atoms with van der Waals surface area (Å²) in [6, 6.07) is 4.37. The fourth-order valence-electron chi connectivity index (χ4n) is 2.47. The first-order valence-corrected chi connectivity index (χ1v) is 5.72. The van der Waals surface area contributed by atoms with E-state index in [1.807, 2.05) is 0 Å². The third-order valence-electron chi connectivity index (χ3n) is 3.44. The maximum absolute atomic E-state index is 4.71. The lowest BCUT2D eigenvalue weighted by Gasteiger charge is -2.29. The van der Waals surface area contributed by atoms with Crippen LogP contribution in [0.4, 0.5) is 0 Å². The first-order chi connectivity index (χ1) is 7.09. The lowest BCUT2D eigenvalue weighted by molar-refractivity contribution is 0.527. The van der Waals surface area contributed by atoms with Crippen LogP contribution in [0.2, 0.25) is 0 Å². The number of aromatic nitrogens is 1. The molecule has 1 aliphatic carbocycles. The average molecular weight is 201 g/mol. The third-order valence-corrected chi connectivity index (χ3v) is 3.44. The van der Waals surface area contributed by atoms with Crippen LogP contribution in [-0.2, 0) is 0 Å². The van der Waals surface area contributed by atoms with Gasteiger partial charge in [-0.15, -0.1) is 0 Å². The molecule has 0 N–H and O–H groups in total. The van der Waals surface area contributed by atoms with E-state index in [9.17, 15) is 0 Å². The monoisotopic (exact) mass is 201 g/mol. The number of allylic oxidation sites excluding steroid dienone is 1. The van der Waals surface area contributed by atoms with Gasteiger partial charge in [0.1, 0.15) is 0 Å². The quantitative estimate of drug-likeness (QED) is 0.627. The van der Waals surface area contributed by atoms with Crippen molar-refractivity contribution in [2.75, 3.05) is 0 Å². The molecule has 0 bridgehead atoms. The van der Waals surface area contributed by atoms with Gasteiger partial charge in [0, 0.05) is 11.6 Å². The van der Waals surface area contributed by atoms with Crippen LogP contribution in [0.5, 0.6) is 0 Å². The van der Waals surface area contributed by atoms with E-state index in [-0.39, 0.29) is 0 Å². The molecule has 0 radical (unpaired) electrons. The molecule has 1 heteroatoms. The second-order valence-corrected chi connectivity index (χ2v) is 4.80. The minimum atomic E-state index is 0.482. The lowest BCUT2D eigenvalue weighted by Crippen LogP contribution is -2.15. The van der Waals surface area contributed by atoms with Crippen molar-refractivity contribution in [3.8, 4) is 0 Å². The number of fused-ring (bicyclic) bond motifs is 1. The molecule has 0 amide bonds. The van der Waals surface area contributed by atoms with Gasteiger partial charge in [0.15, 0.2) is 0 Å². The summed E-state index contributed by atoms with van der Waals surface area (Å²) >= 11 is 0. The van der Waals surface area contributed by atoms with E-state index in [4.69, 9.17) is 4.98 Å². The average Bonchev–Trinajstić information content (AvgIpc) is 2.17. The molecular formula is C14H19N. The number of pyridine rings is 1. The zero-order valence-corrected chi connectivity index (χ0v) is 9.88. The largest absolute Gasteiger partial charge is 0.257 e. The van der Waals surface area contributed by atoms with Crippen molar-refractivity contribution in [1.29, 1.82) is 0 Å². The van der Waals surface area contributed by atoms with E-state index in [2.05, 4.69) is 39.5 Å². The lowest BCUT2D eigenvalue weighted by atomic mass is 9.78. The molecule has 15 heavy (non-hydrogen) atoms. The van der Waals surface area contributed by atoms with E-state index in [1.165, 1.54) is 29.7 Å². The molecule has 0 saturated heterocycles. The Bertz CT molecular complexity index is 392. The standard InChI is InChI=1S/C14H19N/c1-9(2)12-7-5-10(3)13-8-6-11(4)15-14(12)13/h6,8,10,12H,1,5,7H2,2-4H3/t10-,12?/m1/s1. The first kappa shape index (κ1) is 10.4. The number of aryl methyl sites for hydroxylation is 1. The fraction of sp³-hybridized carbons (Fsp3) is 0.500. The number of hydrogen-bond acceptors (Lipinski definition) is 1. The van der Waals surface area contributed by atoms with E-state index < -0.39 is 0 Å². The summed E-state index contributed by atoms with van der Waals surface area (Å²) in [5.74, 6) is 1.14. The summed E-state index contributed by atoms with van der Waals surface area (Å²) in [6.45, 7) is 10.6. The number of hydrogen-bond donors (Lipinski definition) is 0. The third kappa shape index (κ3) is 1.83. The van der Waals surface area contributed by atoms with Crippen LogP contribution in [0.25, 0.3) is 0 Å². The van der Waals surface area contributed by atoms with Crippen molar-refractivity contribution in [3.05, 3.63) is 41.2 Å². The van der Waals surface area contributed by atoms with Crippen molar-refractivity contribution in [3.63, 3.8) is 0 Å². The van der Waals surface area contributed by atoms with E-state index in [0.717, 1.165) is 5.69 Å². The zero-order chi connectivity index (χ0) is 11.0. The number of rotatable bonds is 1. The molecule has 2 rings (SSSR count). The van der Waals surface area contributed by atoms with Crippen LogP contribution < -0.4 is 0 Å². The van der Waals surface area contributed by atoms with Gasteiger partial charge in [-0.2, -0.15) is 0 Å². The van der Waals surface area contributed by atoms with Gasteiger partial charge in [-0.05, 0) is 44.2 Å². The molecule has 0 fully saturated rings. The van der Waals surface area contributed by atoms with E-state index in [1.54, 1.807) is 0 Å². The molecule has 1 aliphatic rings. The van der Waals surface area contributed by atoms with Gasteiger partial charge in [0.05, 0.1) is 5.69 Å². The minimum absolute atomic E-state index is 0.482. The molecule has 0 saturated carbocycles. The minimum Gasteiger partial charge on any atom is -0.257 e. The summed E-state index contributed by atoms with van der Waals surface area (Å²) in [5.41, 5.74) is 5.08. The molecule has 1 heterocycles. The van der Waals surface area contributed by atoms with Gasteiger partial charge in [-0.25, -0.2) is 0 Å². The second kappa shape index (κ2) is 3.80. The molecule has 0 aliphatic heterocycles. The van der Waals surface area contributed by atoms with Crippen LogP contribution in [-0.4, -0.2) is 4.98 Å². The van der Waals surface area contributed by atoms with Gasteiger partial charge >= 0.3 is 0 Å². The van der Waals surface area contributed by atoms with Gasteiger partial charge < -0.3 is 0 Å². The molecule has 0 spiro atoms. The van der Waals surface area contributed by atoms with Crippen molar-refractivity contribution >= 4 is 0 Å². The van der Waals surface area contributed by atoms with Gasteiger partial charge in [0.2, 0.25) is 0 Å². The Morgan fingerprint density at radius 3 is 2.80 bits per heavy atom. The van der Waals surface area contributed by atoms with Crippen molar-refractivity contribution in [2.24, 2.45) is 0 Å². The van der Waals surface area contributed by atoms with Crippen LogP contribution in [0, 0.1) is 6.92 Å². The number of nitrogens with zero attached hydrogens (tertiary/aromatic N) is 1. The topological polar surface area (TPSA) is 12.9 Å².